The Morgan fingerprint density at radius 1 is 1.42 bits per heavy atom. The molecule has 1 aromatic rings. The van der Waals surface area contributed by atoms with Crippen molar-refractivity contribution in [2.45, 2.75) is 19.1 Å². The number of carboxylic acids is 1. The molecule has 0 saturated carbocycles. The van der Waals surface area contributed by atoms with Crippen molar-refractivity contribution >= 4 is 23.5 Å². The fraction of sp³-hybridized carbons (Fsp3) is 0.333. The van der Waals surface area contributed by atoms with E-state index in [-0.39, 0.29) is 11.3 Å². The molecule has 0 saturated heterocycles. The number of carbonyl (C=O) groups excluding carboxylic acids is 1. The van der Waals surface area contributed by atoms with E-state index in [4.69, 9.17) is 21.4 Å². The molecule has 0 fully saturated rings. The molecule has 7 heteroatoms. The smallest absolute Gasteiger partial charge is 0.328 e. The number of carbonyl (C=O) groups is 2. The van der Waals surface area contributed by atoms with Gasteiger partial charge in [-0.15, -0.1) is 0 Å². The fourth-order valence-corrected chi connectivity index (χ4v) is 1.62. The van der Waals surface area contributed by atoms with Crippen molar-refractivity contribution in [3.63, 3.8) is 0 Å². The number of methoxy groups -OCH3 is 1. The second-order valence-corrected chi connectivity index (χ2v) is 4.31. The van der Waals surface area contributed by atoms with Gasteiger partial charge in [-0.3, -0.25) is 4.79 Å². The van der Waals surface area contributed by atoms with Crippen molar-refractivity contribution in [2.75, 3.05) is 7.11 Å². The molecule has 3 N–H and O–H groups in total. The van der Waals surface area contributed by atoms with Crippen LogP contribution in [0.25, 0.3) is 0 Å². The summed E-state index contributed by atoms with van der Waals surface area (Å²) < 4.78 is 4.99. The number of amides is 1. The Hall–Kier alpha value is -1.79. The molecule has 104 valence electrons. The molecule has 0 spiro atoms. The van der Waals surface area contributed by atoms with Gasteiger partial charge in [0.2, 0.25) is 0 Å². The molecule has 0 aromatic heterocycles. The van der Waals surface area contributed by atoms with E-state index < -0.39 is 24.0 Å². The third-order valence-corrected chi connectivity index (χ3v) is 2.68. The molecule has 1 aromatic carbocycles. The fourth-order valence-electron chi connectivity index (χ4n) is 1.46. The van der Waals surface area contributed by atoms with Gasteiger partial charge in [-0.05, 0) is 25.1 Å². The number of halogens is 1. The van der Waals surface area contributed by atoms with E-state index in [9.17, 15) is 14.7 Å². The van der Waals surface area contributed by atoms with Crippen molar-refractivity contribution in [3.05, 3.63) is 28.8 Å². The van der Waals surface area contributed by atoms with Crippen LogP contribution >= 0.6 is 11.6 Å². The number of nitrogens with one attached hydrogen (secondary N) is 1. The van der Waals surface area contributed by atoms with E-state index in [1.165, 1.54) is 32.2 Å². The average molecular weight is 288 g/mol. The predicted octanol–water partition coefficient (Wildman–Crippen LogP) is 0.912. The number of rotatable bonds is 5. The average Bonchev–Trinajstić information content (AvgIpc) is 2.34. The van der Waals surface area contributed by atoms with E-state index in [1.807, 2.05) is 0 Å². The third-order valence-electron chi connectivity index (χ3n) is 2.44. The second-order valence-electron chi connectivity index (χ2n) is 3.87. The number of hydrogen-bond donors (Lipinski definition) is 3. The first kappa shape index (κ1) is 15.3. The molecule has 0 aliphatic rings. The first-order valence-electron chi connectivity index (χ1n) is 5.42. The standard InChI is InChI=1S/C12H14ClNO5/c1-6(15)10(12(17)18)14-11(16)8-4-3-7(13)5-9(8)19-2/h3-6,10,15H,1-2H3,(H,14,16)(H,17,18). The number of aliphatic hydroxyl groups excluding tert-OH is 1. The second kappa shape index (κ2) is 6.40. The van der Waals surface area contributed by atoms with Crippen LogP contribution in [0.3, 0.4) is 0 Å². The van der Waals surface area contributed by atoms with Gasteiger partial charge in [0.15, 0.2) is 6.04 Å². The first-order chi connectivity index (χ1) is 8.86. The lowest BCUT2D eigenvalue weighted by Gasteiger charge is -2.18. The number of benzene rings is 1. The highest BCUT2D eigenvalue weighted by Crippen LogP contribution is 2.23. The Morgan fingerprint density at radius 2 is 2.05 bits per heavy atom. The predicted molar refractivity (Wildman–Crippen MR) is 68.6 cm³/mol. The summed E-state index contributed by atoms with van der Waals surface area (Å²) in [7, 11) is 1.37. The van der Waals surface area contributed by atoms with Crippen LogP contribution in [0.15, 0.2) is 18.2 Å². The van der Waals surface area contributed by atoms with E-state index in [0.29, 0.717) is 5.02 Å². The summed E-state index contributed by atoms with van der Waals surface area (Å²) in [5.74, 6) is -1.77. The van der Waals surface area contributed by atoms with Crippen molar-refractivity contribution in [1.29, 1.82) is 0 Å². The van der Waals surface area contributed by atoms with Gasteiger partial charge in [0.05, 0.1) is 18.8 Å². The normalized spacial score (nSPS) is 13.5. The maximum Gasteiger partial charge on any atom is 0.328 e. The minimum Gasteiger partial charge on any atom is -0.496 e. The van der Waals surface area contributed by atoms with Crippen LogP contribution in [0.1, 0.15) is 17.3 Å². The largest absolute Gasteiger partial charge is 0.496 e. The van der Waals surface area contributed by atoms with Crippen LogP contribution in [-0.2, 0) is 4.79 Å². The maximum absolute atomic E-state index is 11.9. The molecular weight excluding hydrogens is 274 g/mol. The molecule has 0 aliphatic carbocycles. The molecule has 2 atom stereocenters. The highest BCUT2D eigenvalue weighted by Gasteiger charge is 2.26. The summed E-state index contributed by atoms with van der Waals surface area (Å²) in [6.07, 6.45) is -1.22. The van der Waals surface area contributed by atoms with Crippen molar-refractivity contribution < 1.29 is 24.5 Å². The SMILES string of the molecule is COc1cc(Cl)ccc1C(=O)NC(C(=O)O)C(C)O. The number of ether oxygens (including phenoxy) is 1. The summed E-state index contributed by atoms with van der Waals surface area (Å²) in [5, 5.41) is 20.8. The van der Waals surface area contributed by atoms with Gasteiger partial charge < -0.3 is 20.3 Å². The summed E-state index contributed by atoms with van der Waals surface area (Å²) in [4.78, 5) is 22.8. The lowest BCUT2D eigenvalue weighted by Crippen LogP contribution is -2.47. The molecular formula is C12H14ClNO5. The summed E-state index contributed by atoms with van der Waals surface area (Å²) in [6.45, 7) is 1.28. The van der Waals surface area contributed by atoms with Gasteiger partial charge in [-0.1, -0.05) is 11.6 Å². The first-order valence-corrected chi connectivity index (χ1v) is 5.80. The molecule has 0 heterocycles. The van der Waals surface area contributed by atoms with E-state index in [0.717, 1.165) is 0 Å². The van der Waals surface area contributed by atoms with Gasteiger partial charge >= 0.3 is 5.97 Å². The number of aliphatic carboxylic acids is 1. The lowest BCUT2D eigenvalue weighted by atomic mass is 10.1. The van der Waals surface area contributed by atoms with Gasteiger partial charge in [-0.2, -0.15) is 0 Å². The van der Waals surface area contributed by atoms with Crippen LogP contribution < -0.4 is 10.1 Å². The molecule has 0 bridgehead atoms. The highest BCUT2D eigenvalue weighted by molar-refractivity contribution is 6.30. The van der Waals surface area contributed by atoms with Gasteiger partial charge in [0, 0.05) is 5.02 Å². The number of aliphatic hydroxyl groups is 1. The monoisotopic (exact) mass is 287 g/mol. The summed E-state index contributed by atoms with van der Waals surface area (Å²) in [5.41, 5.74) is 0.138. The Kier molecular flexibility index (Phi) is 5.14. The zero-order valence-corrected chi connectivity index (χ0v) is 11.1. The van der Waals surface area contributed by atoms with Gasteiger partial charge in [0.25, 0.3) is 5.91 Å². The van der Waals surface area contributed by atoms with Crippen molar-refractivity contribution in [1.82, 2.24) is 5.32 Å². The molecule has 0 radical (unpaired) electrons. The molecule has 6 nitrogen and oxygen atoms in total. The molecule has 19 heavy (non-hydrogen) atoms. The highest BCUT2D eigenvalue weighted by atomic mass is 35.5. The van der Waals surface area contributed by atoms with Crippen molar-refractivity contribution in [3.8, 4) is 5.75 Å². The quantitative estimate of drug-likeness (QED) is 0.748. The van der Waals surface area contributed by atoms with E-state index in [2.05, 4.69) is 5.32 Å². The Bertz CT molecular complexity index is 489. The van der Waals surface area contributed by atoms with Crippen LogP contribution in [0.2, 0.25) is 5.02 Å². The van der Waals surface area contributed by atoms with Crippen LogP contribution in [0.5, 0.6) is 5.75 Å². The Balaban J connectivity index is 2.97. The molecule has 1 amide bonds. The minimum absolute atomic E-state index is 0.138. The van der Waals surface area contributed by atoms with Crippen LogP contribution in [-0.4, -0.2) is 41.3 Å². The Morgan fingerprint density at radius 3 is 2.53 bits per heavy atom. The van der Waals surface area contributed by atoms with E-state index in [1.54, 1.807) is 0 Å². The zero-order chi connectivity index (χ0) is 14.6. The van der Waals surface area contributed by atoms with E-state index >= 15 is 0 Å². The Labute approximate surface area is 114 Å². The molecule has 0 aliphatic heterocycles. The van der Waals surface area contributed by atoms with Crippen LogP contribution in [0, 0.1) is 0 Å². The zero-order valence-electron chi connectivity index (χ0n) is 10.4. The maximum atomic E-state index is 11.9. The topological polar surface area (TPSA) is 95.9 Å². The van der Waals surface area contributed by atoms with Gasteiger partial charge in [-0.25, -0.2) is 4.79 Å². The third kappa shape index (κ3) is 3.84. The number of hydrogen-bond acceptors (Lipinski definition) is 4. The molecule has 2 unspecified atom stereocenters. The lowest BCUT2D eigenvalue weighted by molar-refractivity contribution is -0.141. The van der Waals surface area contributed by atoms with Crippen LogP contribution in [0.4, 0.5) is 0 Å². The summed E-state index contributed by atoms with van der Waals surface area (Å²) in [6, 6.07) is 2.94. The number of carboxylic acid groups (broad SMARTS) is 1. The minimum atomic E-state index is -1.40. The summed E-state index contributed by atoms with van der Waals surface area (Å²) >= 11 is 5.76. The molecule has 1 rings (SSSR count). The van der Waals surface area contributed by atoms with Gasteiger partial charge in [0.1, 0.15) is 5.75 Å². The van der Waals surface area contributed by atoms with Crippen molar-refractivity contribution in [2.24, 2.45) is 0 Å².